The van der Waals surface area contributed by atoms with Crippen LogP contribution in [0.5, 0.6) is 0 Å². The number of aliphatic hydroxyl groups is 1. The number of hydrogen-bond donors (Lipinski definition) is 3. The molecule has 0 radical (unpaired) electrons. The van der Waals surface area contributed by atoms with Gasteiger partial charge in [0.15, 0.2) is 12.2 Å². The number of phosphoric acid groups is 2. The van der Waals surface area contributed by atoms with Crippen LogP contribution in [0, 0.1) is 5.92 Å². The van der Waals surface area contributed by atoms with Crippen molar-refractivity contribution in [2.45, 2.75) is 387 Å². The van der Waals surface area contributed by atoms with Gasteiger partial charge in [0.05, 0.1) is 26.4 Å². The van der Waals surface area contributed by atoms with E-state index >= 15 is 0 Å². The summed E-state index contributed by atoms with van der Waals surface area (Å²) in [5.41, 5.74) is 0. The first-order chi connectivity index (χ1) is 47.6. The van der Waals surface area contributed by atoms with E-state index in [1.54, 1.807) is 0 Å². The Kier molecular flexibility index (Phi) is 68.9. The number of aliphatic hydroxyl groups excluding tert-OH is 1. The monoisotopic (exact) mass is 1430 g/mol. The first-order valence-electron chi connectivity index (χ1n) is 39.8. The van der Waals surface area contributed by atoms with Crippen molar-refractivity contribution in [3.63, 3.8) is 0 Å². The van der Waals surface area contributed by atoms with Gasteiger partial charge in [-0.25, -0.2) is 9.13 Å². The maximum absolute atomic E-state index is 13.1. The van der Waals surface area contributed by atoms with Gasteiger partial charge in [-0.05, 0) is 83.0 Å². The Morgan fingerprint density at radius 3 is 0.867 bits per heavy atom. The Morgan fingerprint density at radius 1 is 0.327 bits per heavy atom. The highest BCUT2D eigenvalue weighted by Gasteiger charge is 2.30. The fourth-order valence-electron chi connectivity index (χ4n) is 11.1. The van der Waals surface area contributed by atoms with Crippen LogP contribution >= 0.6 is 15.6 Å². The second-order valence-corrected chi connectivity index (χ2v) is 30.2. The maximum atomic E-state index is 13.1. The Labute approximate surface area is 597 Å². The largest absolute Gasteiger partial charge is 0.472 e. The number of esters is 4. The molecule has 6 atom stereocenters. The summed E-state index contributed by atoms with van der Waals surface area (Å²) in [7, 11) is -9.94. The molecule has 0 amide bonds. The van der Waals surface area contributed by atoms with Crippen LogP contribution in [0.1, 0.15) is 369 Å². The summed E-state index contributed by atoms with van der Waals surface area (Å²) in [5, 5.41) is 10.6. The van der Waals surface area contributed by atoms with E-state index in [9.17, 15) is 43.2 Å². The lowest BCUT2D eigenvalue weighted by Gasteiger charge is -2.21. The molecule has 0 heterocycles. The first kappa shape index (κ1) is 95.0. The van der Waals surface area contributed by atoms with Crippen LogP contribution < -0.4 is 0 Å². The summed E-state index contributed by atoms with van der Waals surface area (Å²) in [6, 6.07) is 0. The van der Waals surface area contributed by atoms with Gasteiger partial charge in [0.1, 0.15) is 19.3 Å². The molecule has 0 aliphatic heterocycles. The third kappa shape index (κ3) is 70.1. The molecule has 0 aromatic heterocycles. The third-order valence-electron chi connectivity index (χ3n) is 17.6. The van der Waals surface area contributed by atoms with Gasteiger partial charge in [0.25, 0.3) is 0 Å². The van der Waals surface area contributed by atoms with Gasteiger partial charge in [-0.3, -0.25) is 37.3 Å². The van der Waals surface area contributed by atoms with Gasteiger partial charge < -0.3 is 33.8 Å². The third-order valence-corrected chi connectivity index (χ3v) is 19.5. The van der Waals surface area contributed by atoms with Crippen LogP contribution in [0.2, 0.25) is 0 Å². The lowest BCUT2D eigenvalue weighted by atomic mass is 10.00. The maximum Gasteiger partial charge on any atom is 0.472 e. The summed E-state index contributed by atoms with van der Waals surface area (Å²) in [6.45, 7) is 7.13. The van der Waals surface area contributed by atoms with Crippen molar-refractivity contribution in [1.82, 2.24) is 0 Å². The summed E-state index contributed by atoms with van der Waals surface area (Å²) >= 11 is 0. The van der Waals surface area contributed by atoms with Gasteiger partial charge in [0.2, 0.25) is 0 Å². The van der Waals surface area contributed by atoms with Crippen molar-refractivity contribution >= 4 is 39.5 Å². The predicted molar refractivity (Wildman–Crippen MR) is 400 cm³/mol. The Bertz CT molecular complexity index is 2070. The average molecular weight is 1430 g/mol. The van der Waals surface area contributed by atoms with E-state index in [-0.39, 0.29) is 25.7 Å². The average Bonchev–Trinajstić information content (AvgIpc) is 1.01. The SMILES string of the molecule is CCCCCC/C=C\C=C/CCCCCCCC(=O)OC[C@H](COP(=O)(O)OC[C@@H](O)COP(=O)(O)OC[C@@H](COC(=O)CCCCCCCCC(C)CC)OC(=O)CCCCCCC/C=C\C=C/CCCCCC)OC(=O)CCCCCCCCCCCCCCCCCCCC. The first-order valence-corrected chi connectivity index (χ1v) is 42.8. The summed E-state index contributed by atoms with van der Waals surface area (Å²) < 4.78 is 68.5. The fourth-order valence-corrected chi connectivity index (χ4v) is 12.7. The van der Waals surface area contributed by atoms with E-state index in [2.05, 4.69) is 83.2 Å². The second kappa shape index (κ2) is 71.0. The van der Waals surface area contributed by atoms with Crippen LogP contribution in [0.4, 0.5) is 0 Å². The van der Waals surface area contributed by atoms with E-state index < -0.39 is 97.5 Å². The second-order valence-electron chi connectivity index (χ2n) is 27.3. The Hall–Kier alpha value is -2.98. The van der Waals surface area contributed by atoms with Crippen LogP contribution in [0.15, 0.2) is 48.6 Å². The van der Waals surface area contributed by atoms with Crippen molar-refractivity contribution in [2.24, 2.45) is 5.92 Å². The molecule has 17 nitrogen and oxygen atoms in total. The van der Waals surface area contributed by atoms with Gasteiger partial charge in [-0.2, -0.15) is 0 Å². The number of rotatable bonds is 75. The number of carbonyl (C=O) groups excluding carboxylic acids is 4. The highest BCUT2D eigenvalue weighted by Crippen LogP contribution is 2.45. The summed E-state index contributed by atoms with van der Waals surface area (Å²) in [5.74, 6) is -1.45. The molecule has 19 heteroatoms. The predicted octanol–water partition coefficient (Wildman–Crippen LogP) is 22.8. The summed E-state index contributed by atoms with van der Waals surface area (Å²) in [4.78, 5) is 72.9. The molecule has 3 N–H and O–H groups in total. The molecule has 0 saturated heterocycles. The molecule has 98 heavy (non-hydrogen) atoms. The van der Waals surface area contributed by atoms with Crippen LogP contribution in [-0.2, 0) is 65.4 Å². The lowest BCUT2D eigenvalue weighted by molar-refractivity contribution is -0.161. The molecule has 574 valence electrons. The highest BCUT2D eigenvalue weighted by molar-refractivity contribution is 7.47. The standard InChI is InChI=1S/C79H146O17P2/c1-6-10-13-16-19-22-25-28-31-32-33-36-39-42-45-48-55-60-64-78(83)95-74(68-89-76(81)62-57-52-46-43-40-37-34-29-26-23-20-17-14-11-7-2)70-93-97(85,86)91-66-73(80)67-92-98(87,88)94-71-75(69-90-77(82)63-58-53-50-49-51-56-61-72(5)9-4)96-79(84)65-59-54-47-44-41-38-35-30-27-24-21-18-15-12-8-3/h23-24,26-27,29-30,34-35,72-75,80H,6-22,25,28,31-33,36-71H2,1-5H3,(H,85,86)(H,87,88)/b26-23-,27-24-,34-29-,35-30-/t72?,73-,74-,75-/m1/s1. The Balaban J connectivity index is 5.31. The molecule has 0 aliphatic rings. The molecular formula is C79H146O17P2. The molecule has 0 fully saturated rings. The quantitative estimate of drug-likeness (QED) is 0.0169. The van der Waals surface area contributed by atoms with E-state index in [4.69, 9.17) is 37.0 Å². The number of carbonyl (C=O) groups is 4. The van der Waals surface area contributed by atoms with Crippen LogP contribution in [0.3, 0.4) is 0 Å². The van der Waals surface area contributed by atoms with Crippen molar-refractivity contribution in [3.05, 3.63) is 48.6 Å². The van der Waals surface area contributed by atoms with E-state index in [0.717, 1.165) is 134 Å². The number of ether oxygens (including phenoxy) is 4. The zero-order valence-corrected chi connectivity index (χ0v) is 64.7. The molecule has 0 aliphatic carbocycles. The molecule has 0 rings (SSSR count). The van der Waals surface area contributed by atoms with Crippen LogP contribution in [-0.4, -0.2) is 96.7 Å². The van der Waals surface area contributed by atoms with Gasteiger partial charge in [-0.15, -0.1) is 0 Å². The molecule has 3 unspecified atom stereocenters. The topological polar surface area (TPSA) is 237 Å². The molecule has 0 aromatic carbocycles. The van der Waals surface area contributed by atoms with Crippen molar-refractivity contribution in [3.8, 4) is 0 Å². The van der Waals surface area contributed by atoms with E-state index in [1.807, 2.05) is 0 Å². The fraction of sp³-hybridized carbons (Fsp3) is 0.848. The van der Waals surface area contributed by atoms with E-state index in [0.29, 0.717) is 25.7 Å². The van der Waals surface area contributed by atoms with Gasteiger partial charge in [0, 0.05) is 25.7 Å². The zero-order valence-electron chi connectivity index (χ0n) is 62.9. The van der Waals surface area contributed by atoms with Crippen molar-refractivity contribution < 1.29 is 80.2 Å². The highest BCUT2D eigenvalue weighted by atomic mass is 31.2. The minimum absolute atomic E-state index is 0.0820. The smallest absolute Gasteiger partial charge is 0.462 e. The minimum Gasteiger partial charge on any atom is -0.462 e. The number of phosphoric ester groups is 2. The van der Waals surface area contributed by atoms with E-state index in [1.165, 1.54) is 154 Å². The zero-order chi connectivity index (χ0) is 71.9. The molecular weight excluding hydrogens is 1280 g/mol. The molecule has 0 saturated carbocycles. The molecule has 0 spiro atoms. The Morgan fingerprint density at radius 2 is 0.571 bits per heavy atom. The lowest BCUT2D eigenvalue weighted by Crippen LogP contribution is -2.30. The molecule has 0 bridgehead atoms. The number of unbranched alkanes of at least 4 members (excludes halogenated alkanes) is 40. The minimum atomic E-state index is -4.97. The number of allylic oxidation sites excluding steroid dienone is 8. The van der Waals surface area contributed by atoms with Crippen molar-refractivity contribution in [2.75, 3.05) is 39.6 Å². The number of hydrogen-bond acceptors (Lipinski definition) is 15. The normalized spacial score (nSPS) is 14.5. The van der Waals surface area contributed by atoms with Gasteiger partial charge >= 0.3 is 39.5 Å². The van der Waals surface area contributed by atoms with Crippen molar-refractivity contribution in [1.29, 1.82) is 0 Å². The summed E-state index contributed by atoms with van der Waals surface area (Å²) in [6.07, 6.45) is 66.8. The van der Waals surface area contributed by atoms with Gasteiger partial charge in [-0.1, -0.05) is 314 Å². The molecule has 0 aromatic rings. The van der Waals surface area contributed by atoms with Crippen LogP contribution in [0.25, 0.3) is 0 Å².